The molecular weight excluding hydrogens is 192 g/mol. The zero-order valence-corrected chi connectivity index (χ0v) is 11.0. The van der Waals surface area contributed by atoms with E-state index in [2.05, 4.69) is 27.0 Å². The lowest BCUT2D eigenvalue weighted by Crippen LogP contribution is -2.31. The molecule has 2 fully saturated rings. The Bertz CT molecular complexity index is 256. The quantitative estimate of drug-likeness (QED) is 0.574. The number of fused-ring (bicyclic) bond motifs is 1. The average Bonchev–Trinajstić information content (AvgIpc) is 2.27. The minimum absolute atomic E-state index is 0.822. The van der Waals surface area contributed by atoms with E-state index in [1.807, 2.05) is 0 Å². The van der Waals surface area contributed by atoms with E-state index in [1.54, 1.807) is 0 Å². The van der Waals surface area contributed by atoms with Crippen molar-refractivity contribution < 1.29 is 0 Å². The molecule has 2 rings (SSSR count). The highest BCUT2D eigenvalue weighted by Crippen LogP contribution is 2.47. The van der Waals surface area contributed by atoms with E-state index in [1.165, 1.54) is 49.7 Å². The molecule has 0 N–H and O–H groups in total. The maximum atomic E-state index is 4.15. The van der Waals surface area contributed by atoms with Crippen molar-refractivity contribution >= 4 is 0 Å². The van der Waals surface area contributed by atoms with E-state index in [4.69, 9.17) is 0 Å². The summed E-state index contributed by atoms with van der Waals surface area (Å²) in [5.74, 6) is 3.63. The minimum atomic E-state index is 0.822. The summed E-state index contributed by atoms with van der Waals surface area (Å²) in [7, 11) is 0. The van der Waals surface area contributed by atoms with Gasteiger partial charge in [0.15, 0.2) is 0 Å². The summed E-state index contributed by atoms with van der Waals surface area (Å²) < 4.78 is 0. The lowest BCUT2D eigenvalue weighted by molar-refractivity contribution is 0.119. The summed E-state index contributed by atoms with van der Waals surface area (Å²) in [5.41, 5.74) is 2.83. The minimum Gasteiger partial charge on any atom is -0.0999 e. The lowest BCUT2D eigenvalue weighted by Gasteiger charge is -2.42. The van der Waals surface area contributed by atoms with Gasteiger partial charge in [-0.3, -0.25) is 0 Å². The van der Waals surface area contributed by atoms with Gasteiger partial charge in [-0.25, -0.2) is 0 Å². The maximum absolute atomic E-state index is 4.15. The van der Waals surface area contributed by atoms with Crippen molar-refractivity contribution in [1.29, 1.82) is 0 Å². The highest BCUT2D eigenvalue weighted by molar-refractivity contribution is 5.04. The van der Waals surface area contributed by atoms with Crippen molar-refractivity contribution in [2.75, 3.05) is 0 Å². The Morgan fingerprint density at radius 2 is 1.12 bits per heavy atom. The summed E-state index contributed by atoms with van der Waals surface area (Å²) in [6, 6.07) is 0. The maximum Gasteiger partial charge on any atom is -0.0206 e. The first kappa shape index (κ1) is 12.0. The summed E-state index contributed by atoms with van der Waals surface area (Å²) in [4.78, 5) is 0. The number of hydrogen-bond donors (Lipinski definition) is 0. The fraction of sp³-hybridized carbons (Fsp3) is 0.750. The van der Waals surface area contributed by atoms with Gasteiger partial charge in [-0.05, 0) is 76.0 Å². The second-order valence-electron chi connectivity index (χ2n) is 6.23. The van der Waals surface area contributed by atoms with Gasteiger partial charge < -0.3 is 0 Å². The molecule has 4 atom stereocenters. The molecular formula is C16H26. The van der Waals surface area contributed by atoms with Gasteiger partial charge in [0.05, 0.1) is 0 Å². The fourth-order valence-corrected chi connectivity index (χ4v) is 3.78. The number of hydrogen-bond acceptors (Lipinski definition) is 0. The van der Waals surface area contributed by atoms with Crippen LogP contribution in [0.3, 0.4) is 0 Å². The standard InChI is InChI=1S/C16H26/c1-11(2)13-5-7-16-10-14(12(3)4)6-8-15(16)9-13/h13-16H,1,3,5-10H2,2,4H3. The summed E-state index contributed by atoms with van der Waals surface area (Å²) >= 11 is 0. The second-order valence-corrected chi connectivity index (χ2v) is 6.23. The van der Waals surface area contributed by atoms with E-state index in [0.29, 0.717) is 0 Å². The molecule has 0 spiro atoms. The average molecular weight is 218 g/mol. The van der Waals surface area contributed by atoms with Gasteiger partial charge in [0.2, 0.25) is 0 Å². The number of rotatable bonds is 2. The third kappa shape index (κ3) is 2.42. The van der Waals surface area contributed by atoms with Crippen LogP contribution in [0, 0.1) is 23.7 Å². The molecule has 0 aliphatic heterocycles. The largest absolute Gasteiger partial charge is 0.0999 e. The molecule has 0 radical (unpaired) electrons. The van der Waals surface area contributed by atoms with Gasteiger partial charge in [-0.2, -0.15) is 0 Å². The Balaban J connectivity index is 1.95. The first-order chi connectivity index (χ1) is 7.58. The van der Waals surface area contributed by atoms with Crippen molar-refractivity contribution in [3.05, 3.63) is 24.3 Å². The van der Waals surface area contributed by atoms with Crippen molar-refractivity contribution in [1.82, 2.24) is 0 Å². The molecule has 0 bridgehead atoms. The molecule has 2 saturated carbocycles. The molecule has 0 amide bonds. The predicted octanol–water partition coefficient (Wildman–Crippen LogP) is 4.97. The monoisotopic (exact) mass is 218 g/mol. The van der Waals surface area contributed by atoms with E-state index >= 15 is 0 Å². The van der Waals surface area contributed by atoms with E-state index < -0.39 is 0 Å². The zero-order valence-electron chi connectivity index (χ0n) is 11.0. The molecule has 0 aromatic heterocycles. The summed E-state index contributed by atoms with van der Waals surface area (Å²) in [6.45, 7) is 12.7. The van der Waals surface area contributed by atoms with Crippen molar-refractivity contribution in [3.63, 3.8) is 0 Å². The molecule has 0 aromatic carbocycles. The van der Waals surface area contributed by atoms with Gasteiger partial charge in [-0.1, -0.05) is 24.3 Å². The van der Waals surface area contributed by atoms with Crippen LogP contribution in [0.5, 0.6) is 0 Å². The lowest BCUT2D eigenvalue weighted by atomic mass is 9.63. The zero-order chi connectivity index (χ0) is 11.7. The summed E-state index contributed by atoms with van der Waals surface area (Å²) in [6.07, 6.45) is 8.49. The highest BCUT2D eigenvalue weighted by Gasteiger charge is 2.35. The second kappa shape index (κ2) is 4.77. The molecule has 2 aliphatic carbocycles. The Kier molecular flexibility index (Phi) is 3.56. The van der Waals surface area contributed by atoms with Crippen LogP contribution < -0.4 is 0 Å². The van der Waals surface area contributed by atoms with Crippen LogP contribution in [0.4, 0.5) is 0 Å². The topological polar surface area (TPSA) is 0 Å². The molecule has 0 nitrogen and oxygen atoms in total. The Morgan fingerprint density at radius 1 is 0.750 bits per heavy atom. The van der Waals surface area contributed by atoms with E-state index in [-0.39, 0.29) is 0 Å². The summed E-state index contributed by atoms with van der Waals surface area (Å²) in [5, 5.41) is 0. The van der Waals surface area contributed by atoms with E-state index in [9.17, 15) is 0 Å². The van der Waals surface area contributed by atoms with Gasteiger partial charge in [0, 0.05) is 0 Å². The normalized spacial score (nSPS) is 38.9. The molecule has 16 heavy (non-hydrogen) atoms. The predicted molar refractivity (Wildman–Crippen MR) is 71.3 cm³/mol. The van der Waals surface area contributed by atoms with Gasteiger partial charge in [0.25, 0.3) is 0 Å². The van der Waals surface area contributed by atoms with Crippen LogP contribution >= 0.6 is 0 Å². The molecule has 4 unspecified atom stereocenters. The molecule has 90 valence electrons. The third-order valence-electron chi connectivity index (χ3n) is 5.01. The Morgan fingerprint density at radius 3 is 1.44 bits per heavy atom. The molecule has 0 heterocycles. The highest BCUT2D eigenvalue weighted by atomic mass is 14.4. The number of allylic oxidation sites excluding steroid dienone is 2. The Labute approximate surface area is 101 Å². The van der Waals surface area contributed by atoms with Gasteiger partial charge >= 0.3 is 0 Å². The molecule has 2 aliphatic rings. The van der Waals surface area contributed by atoms with Crippen LogP contribution in [-0.2, 0) is 0 Å². The third-order valence-corrected chi connectivity index (χ3v) is 5.01. The smallest absolute Gasteiger partial charge is 0.0206 e. The SMILES string of the molecule is C=C(C)C1CCC2CC(C(=C)C)CCC2C1. The van der Waals surface area contributed by atoms with Crippen LogP contribution in [0.1, 0.15) is 52.4 Å². The van der Waals surface area contributed by atoms with Gasteiger partial charge in [0.1, 0.15) is 0 Å². The molecule has 0 heteroatoms. The van der Waals surface area contributed by atoms with Gasteiger partial charge in [-0.15, -0.1) is 0 Å². The van der Waals surface area contributed by atoms with Crippen LogP contribution in [0.2, 0.25) is 0 Å². The molecule has 0 aromatic rings. The van der Waals surface area contributed by atoms with Crippen molar-refractivity contribution in [2.24, 2.45) is 23.7 Å². The van der Waals surface area contributed by atoms with Crippen molar-refractivity contribution in [3.8, 4) is 0 Å². The Hall–Kier alpha value is -0.520. The first-order valence-corrected chi connectivity index (χ1v) is 6.88. The molecule has 0 saturated heterocycles. The van der Waals surface area contributed by atoms with Crippen LogP contribution in [0.15, 0.2) is 24.3 Å². The van der Waals surface area contributed by atoms with Crippen molar-refractivity contribution in [2.45, 2.75) is 52.4 Å². The fourth-order valence-electron chi connectivity index (χ4n) is 3.78. The van der Waals surface area contributed by atoms with Crippen LogP contribution in [-0.4, -0.2) is 0 Å². The van der Waals surface area contributed by atoms with E-state index in [0.717, 1.165) is 23.7 Å². The first-order valence-electron chi connectivity index (χ1n) is 6.88. The van der Waals surface area contributed by atoms with Crippen LogP contribution in [0.25, 0.3) is 0 Å².